The Bertz CT molecular complexity index is 1770. The lowest BCUT2D eigenvalue weighted by Crippen LogP contribution is -2.50. The standard InChI is InChI=1S/C32H34F2N6O3S/c1-3-29(23-7-9-24(33)10-8-23)44(41,42)40-13-11-39(12-14-40)32-22(2)31(30-27(34)5-4-6-28(30)37-32)36-25-19-26(21-35-20-25)38-15-17-43-18-16-38/h3-10,19-21,29H,1,11-18H2,2H3,(H,36,37). The first-order chi connectivity index (χ1) is 21.3. The highest BCUT2D eigenvalue weighted by Gasteiger charge is 2.34. The van der Waals surface area contributed by atoms with Crippen LogP contribution < -0.4 is 15.1 Å². The van der Waals surface area contributed by atoms with Gasteiger partial charge in [0.1, 0.15) is 22.7 Å². The van der Waals surface area contributed by atoms with Gasteiger partial charge in [-0.15, -0.1) is 6.58 Å². The van der Waals surface area contributed by atoms with E-state index in [2.05, 4.69) is 21.8 Å². The van der Waals surface area contributed by atoms with Crippen LogP contribution in [-0.4, -0.2) is 75.2 Å². The Hall–Kier alpha value is -4.13. The van der Waals surface area contributed by atoms with Gasteiger partial charge in [-0.25, -0.2) is 22.2 Å². The Balaban J connectivity index is 1.27. The number of sulfonamides is 1. The zero-order chi connectivity index (χ0) is 30.8. The number of anilines is 4. The predicted octanol–water partition coefficient (Wildman–Crippen LogP) is 5.18. The number of nitrogens with zero attached hydrogens (tertiary/aromatic N) is 5. The zero-order valence-electron chi connectivity index (χ0n) is 24.4. The van der Waals surface area contributed by atoms with Crippen LogP contribution in [0.2, 0.25) is 0 Å². The Morgan fingerprint density at radius 2 is 1.70 bits per heavy atom. The summed E-state index contributed by atoms with van der Waals surface area (Å²) in [5.74, 6) is -0.175. The van der Waals surface area contributed by atoms with E-state index in [0.717, 1.165) is 24.3 Å². The fourth-order valence-electron chi connectivity index (χ4n) is 5.85. The van der Waals surface area contributed by atoms with E-state index in [1.807, 2.05) is 17.9 Å². The van der Waals surface area contributed by atoms with E-state index in [1.54, 1.807) is 24.5 Å². The van der Waals surface area contributed by atoms with Crippen molar-refractivity contribution in [3.05, 3.63) is 96.3 Å². The monoisotopic (exact) mass is 620 g/mol. The van der Waals surface area contributed by atoms with Crippen molar-refractivity contribution in [1.82, 2.24) is 14.3 Å². The molecular weight excluding hydrogens is 586 g/mol. The van der Waals surface area contributed by atoms with Crippen molar-refractivity contribution >= 4 is 43.8 Å². The van der Waals surface area contributed by atoms with Gasteiger partial charge < -0.3 is 19.9 Å². The molecule has 2 aromatic heterocycles. The number of morpholine rings is 1. The quantitative estimate of drug-likeness (QED) is 0.270. The molecule has 230 valence electrons. The molecule has 2 saturated heterocycles. The number of aromatic nitrogens is 2. The number of rotatable bonds is 8. The molecule has 6 rings (SSSR count). The van der Waals surface area contributed by atoms with E-state index in [1.165, 1.54) is 40.7 Å². The summed E-state index contributed by atoms with van der Waals surface area (Å²) in [5, 5.41) is 2.81. The number of fused-ring (bicyclic) bond motifs is 1. The molecule has 0 saturated carbocycles. The summed E-state index contributed by atoms with van der Waals surface area (Å²) < 4.78 is 62.9. The van der Waals surface area contributed by atoms with Crippen LogP contribution in [0.1, 0.15) is 16.4 Å². The van der Waals surface area contributed by atoms with Crippen molar-refractivity contribution in [1.29, 1.82) is 0 Å². The number of hydrogen-bond donors (Lipinski definition) is 1. The Morgan fingerprint density at radius 3 is 2.41 bits per heavy atom. The molecule has 9 nitrogen and oxygen atoms in total. The first-order valence-corrected chi connectivity index (χ1v) is 16.0. The van der Waals surface area contributed by atoms with Gasteiger partial charge in [0, 0.05) is 44.8 Å². The molecule has 1 N–H and O–H groups in total. The number of hydrogen-bond acceptors (Lipinski definition) is 8. The molecule has 1 unspecified atom stereocenters. The summed E-state index contributed by atoms with van der Waals surface area (Å²) in [5.41, 5.74) is 3.94. The van der Waals surface area contributed by atoms with E-state index in [9.17, 15) is 12.8 Å². The van der Waals surface area contributed by atoms with Gasteiger partial charge >= 0.3 is 0 Å². The number of ether oxygens (including phenoxy) is 1. The van der Waals surface area contributed by atoms with Gasteiger partial charge in [-0.2, -0.15) is 4.31 Å². The largest absolute Gasteiger partial charge is 0.378 e. The molecule has 0 bridgehead atoms. The third-order valence-corrected chi connectivity index (χ3v) is 10.4. The molecule has 4 heterocycles. The SMILES string of the molecule is C=CC(c1ccc(F)cc1)S(=O)(=O)N1CCN(c2nc3cccc(F)c3c(Nc3cncc(N4CCOCC4)c3)c2C)CC1. The normalized spacial score (nSPS) is 17.1. The summed E-state index contributed by atoms with van der Waals surface area (Å²) in [4.78, 5) is 13.5. The van der Waals surface area contributed by atoms with Crippen LogP contribution in [0, 0.1) is 18.6 Å². The second-order valence-corrected chi connectivity index (χ2v) is 12.9. The van der Waals surface area contributed by atoms with Crippen LogP contribution in [0.25, 0.3) is 10.9 Å². The van der Waals surface area contributed by atoms with Gasteiger partial charge in [0.05, 0.1) is 53.6 Å². The highest BCUT2D eigenvalue weighted by molar-refractivity contribution is 7.89. The number of benzene rings is 2. The molecule has 2 aliphatic heterocycles. The fraction of sp³-hybridized carbons (Fsp3) is 0.312. The lowest BCUT2D eigenvalue weighted by molar-refractivity contribution is 0.122. The minimum absolute atomic E-state index is 0.227. The van der Waals surface area contributed by atoms with E-state index < -0.39 is 26.9 Å². The van der Waals surface area contributed by atoms with Gasteiger partial charge in [0.25, 0.3) is 0 Å². The van der Waals surface area contributed by atoms with Crippen LogP contribution in [-0.2, 0) is 14.8 Å². The van der Waals surface area contributed by atoms with Crippen LogP contribution in [0.15, 0.2) is 73.6 Å². The molecule has 0 radical (unpaired) electrons. The Kier molecular flexibility index (Phi) is 8.48. The molecule has 0 spiro atoms. The van der Waals surface area contributed by atoms with E-state index >= 15 is 4.39 Å². The van der Waals surface area contributed by atoms with Crippen molar-refractivity contribution in [3.8, 4) is 0 Å². The van der Waals surface area contributed by atoms with Gasteiger partial charge in [0.2, 0.25) is 10.0 Å². The maximum absolute atomic E-state index is 15.3. The lowest BCUT2D eigenvalue weighted by atomic mass is 10.1. The molecule has 0 aliphatic carbocycles. The molecular formula is C32H34F2N6O3S. The number of halogens is 2. The molecule has 2 fully saturated rings. The molecule has 44 heavy (non-hydrogen) atoms. The van der Waals surface area contributed by atoms with Crippen LogP contribution in [0.5, 0.6) is 0 Å². The number of nitrogens with one attached hydrogen (secondary N) is 1. The zero-order valence-corrected chi connectivity index (χ0v) is 25.2. The maximum atomic E-state index is 15.3. The van der Waals surface area contributed by atoms with Crippen LogP contribution >= 0.6 is 0 Å². The number of piperazine rings is 1. The second-order valence-electron chi connectivity index (χ2n) is 10.9. The Morgan fingerprint density at radius 1 is 0.977 bits per heavy atom. The molecule has 4 aromatic rings. The minimum atomic E-state index is -3.79. The fourth-order valence-corrected chi connectivity index (χ4v) is 7.58. The lowest BCUT2D eigenvalue weighted by Gasteiger charge is -2.37. The molecule has 2 aromatic carbocycles. The first kappa shape index (κ1) is 29.9. The highest BCUT2D eigenvalue weighted by atomic mass is 32.2. The smallest absolute Gasteiger partial charge is 0.224 e. The summed E-state index contributed by atoms with van der Waals surface area (Å²) >= 11 is 0. The van der Waals surface area contributed by atoms with Crippen molar-refractivity contribution in [2.24, 2.45) is 0 Å². The summed E-state index contributed by atoms with van der Waals surface area (Å²) in [6.45, 7) is 9.67. The van der Waals surface area contributed by atoms with Crippen molar-refractivity contribution in [3.63, 3.8) is 0 Å². The maximum Gasteiger partial charge on any atom is 0.224 e. The van der Waals surface area contributed by atoms with Gasteiger partial charge in [0.15, 0.2) is 0 Å². The first-order valence-electron chi connectivity index (χ1n) is 14.5. The summed E-state index contributed by atoms with van der Waals surface area (Å²) in [7, 11) is -3.79. The minimum Gasteiger partial charge on any atom is -0.378 e. The third-order valence-electron chi connectivity index (χ3n) is 8.18. The van der Waals surface area contributed by atoms with Crippen molar-refractivity contribution in [2.75, 3.05) is 67.6 Å². The number of pyridine rings is 2. The van der Waals surface area contributed by atoms with E-state index in [4.69, 9.17) is 9.72 Å². The average molecular weight is 621 g/mol. The summed E-state index contributed by atoms with van der Waals surface area (Å²) in [6.07, 6.45) is 4.89. The van der Waals surface area contributed by atoms with E-state index in [0.29, 0.717) is 60.0 Å². The molecule has 1 atom stereocenters. The Labute approximate surface area is 255 Å². The molecule has 12 heteroatoms. The molecule has 0 amide bonds. The summed E-state index contributed by atoms with van der Waals surface area (Å²) in [6, 6.07) is 12.2. The van der Waals surface area contributed by atoms with Crippen LogP contribution in [0.3, 0.4) is 0 Å². The van der Waals surface area contributed by atoms with E-state index in [-0.39, 0.29) is 13.1 Å². The topological polar surface area (TPSA) is 90.9 Å². The highest BCUT2D eigenvalue weighted by Crippen LogP contribution is 2.37. The van der Waals surface area contributed by atoms with Gasteiger partial charge in [-0.3, -0.25) is 4.98 Å². The van der Waals surface area contributed by atoms with Gasteiger partial charge in [-0.1, -0.05) is 24.3 Å². The van der Waals surface area contributed by atoms with Gasteiger partial charge in [-0.05, 0) is 42.8 Å². The average Bonchev–Trinajstić information content (AvgIpc) is 3.04. The molecule has 2 aliphatic rings. The second kappa shape index (κ2) is 12.5. The van der Waals surface area contributed by atoms with Crippen molar-refractivity contribution in [2.45, 2.75) is 12.2 Å². The third kappa shape index (κ3) is 5.84. The predicted molar refractivity (Wildman–Crippen MR) is 169 cm³/mol. The van der Waals surface area contributed by atoms with Crippen molar-refractivity contribution < 1.29 is 21.9 Å². The van der Waals surface area contributed by atoms with Crippen LogP contribution in [0.4, 0.5) is 31.7 Å².